The van der Waals surface area contributed by atoms with Gasteiger partial charge in [0.25, 0.3) is 0 Å². The lowest BCUT2D eigenvalue weighted by molar-refractivity contribution is -0.131. The van der Waals surface area contributed by atoms with Gasteiger partial charge in [0.1, 0.15) is 17.1 Å². The Bertz CT molecular complexity index is 961. The maximum Gasteiger partial charge on any atom is 0.242 e. The van der Waals surface area contributed by atoms with E-state index in [-0.39, 0.29) is 23.7 Å². The molecule has 0 radical (unpaired) electrons. The van der Waals surface area contributed by atoms with Crippen molar-refractivity contribution in [3.63, 3.8) is 0 Å². The van der Waals surface area contributed by atoms with Crippen LogP contribution in [0.1, 0.15) is 63.4 Å². The van der Waals surface area contributed by atoms with Gasteiger partial charge in [-0.1, -0.05) is 13.8 Å². The monoisotopic (exact) mass is 411 g/mol. The molecule has 2 atom stereocenters. The van der Waals surface area contributed by atoms with Gasteiger partial charge in [0.15, 0.2) is 0 Å². The molecule has 1 N–H and O–H groups in total. The molecular formula is C24H30FN3O2. The fourth-order valence-electron chi connectivity index (χ4n) is 4.57. The molecule has 6 heteroatoms. The van der Waals surface area contributed by atoms with Gasteiger partial charge in [-0.25, -0.2) is 4.39 Å². The number of likely N-dealkylation sites (tertiary alicyclic amines) is 1. The molecule has 2 aromatic rings. The highest BCUT2D eigenvalue weighted by molar-refractivity contribution is 5.88. The summed E-state index contributed by atoms with van der Waals surface area (Å²) in [7, 11) is 1.86. The average Bonchev–Trinajstić information content (AvgIpc) is 3.29. The summed E-state index contributed by atoms with van der Waals surface area (Å²) in [5.74, 6) is 0.738. The number of likely N-dealkylation sites (N-methyl/N-ethyl adjacent to an activating group) is 1. The van der Waals surface area contributed by atoms with E-state index in [9.17, 15) is 9.18 Å². The second kappa shape index (κ2) is 7.99. The smallest absolute Gasteiger partial charge is 0.242 e. The molecule has 1 amide bonds. The zero-order valence-electron chi connectivity index (χ0n) is 18.2. The first-order valence-corrected chi connectivity index (χ1v) is 10.8. The molecule has 0 saturated carbocycles. The molecule has 2 fully saturated rings. The summed E-state index contributed by atoms with van der Waals surface area (Å²) in [4.78, 5) is 19.4. The molecule has 0 aliphatic carbocycles. The molecule has 3 heterocycles. The number of carbonyl (C=O) groups excluding carboxylic acids is 1. The van der Waals surface area contributed by atoms with Gasteiger partial charge in [0.2, 0.25) is 5.91 Å². The minimum absolute atomic E-state index is 0.0176. The molecule has 0 bridgehead atoms. The van der Waals surface area contributed by atoms with Crippen molar-refractivity contribution >= 4 is 5.91 Å². The number of benzene rings is 1. The molecule has 1 aromatic carbocycles. The fraction of sp³-hybridized carbons (Fsp3) is 0.500. The summed E-state index contributed by atoms with van der Waals surface area (Å²) < 4.78 is 20.3. The normalized spacial score (nSPS) is 23.7. The van der Waals surface area contributed by atoms with E-state index in [0.29, 0.717) is 17.9 Å². The third kappa shape index (κ3) is 3.69. The van der Waals surface area contributed by atoms with E-state index < -0.39 is 5.54 Å². The maximum absolute atomic E-state index is 14.7. The zero-order chi connectivity index (χ0) is 21.5. The molecule has 1 spiro atoms. The van der Waals surface area contributed by atoms with E-state index in [2.05, 4.69) is 19.2 Å². The number of hydrogen-bond acceptors (Lipinski definition) is 4. The first kappa shape index (κ1) is 20.8. The molecule has 2 aliphatic rings. The van der Waals surface area contributed by atoms with Crippen molar-refractivity contribution in [2.45, 2.75) is 57.5 Å². The van der Waals surface area contributed by atoms with Crippen LogP contribution in [0.15, 0.2) is 30.3 Å². The summed E-state index contributed by atoms with van der Waals surface area (Å²) in [5.41, 5.74) is 2.61. The summed E-state index contributed by atoms with van der Waals surface area (Å²) in [6.45, 7) is 7.39. The van der Waals surface area contributed by atoms with Crippen LogP contribution in [0.25, 0.3) is 11.1 Å². The standard InChI is InChI=1S/C24H30FN3O2/c1-5-30-17-6-7-19(25)18(14-17)16-12-21(15(2)3)26-22(13-16)20-8-9-24(27-20)10-11-28(4)23(24)29/h6-7,12-15,20,27H,5,8-11H2,1-4H3. The summed E-state index contributed by atoms with van der Waals surface area (Å²) in [6, 6.07) is 8.75. The van der Waals surface area contributed by atoms with Crippen molar-refractivity contribution in [1.29, 1.82) is 0 Å². The zero-order valence-corrected chi connectivity index (χ0v) is 18.2. The number of carbonyl (C=O) groups is 1. The molecular weight excluding hydrogens is 381 g/mol. The largest absolute Gasteiger partial charge is 0.494 e. The van der Waals surface area contributed by atoms with Gasteiger partial charge in [0, 0.05) is 24.8 Å². The molecule has 30 heavy (non-hydrogen) atoms. The van der Waals surface area contributed by atoms with Crippen LogP contribution in [0.3, 0.4) is 0 Å². The number of pyridine rings is 1. The molecule has 1 aromatic heterocycles. The van der Waals surface area contributed by atoms with Gasteiger partial charge in [-0.2, -0.15) is 0 Å². The Morgan fingerprint density at radius 3 is 2.77 bits per heavy atom. The van der Waals surface area contributed by atoms with Crippen LogP contribution < -0.4 is 10.1 Å². The second-order valence-corrected chi connectivity index (χ2v) is 8.73. The number of ether oxygens (including phenoxy) is 1. The van der Waals surface area contributed by atoms with E-state index in [4.69, 9.17) is 9.72 Å². The van der Waals surface area contributed by atoms with Gasteiger partial charge in [0.05, 0.1) is 18.3 Å². The Morgan fingerprint density at radius 1 is 1.30 bits per heavy atom. The summed E-state index contributed by atoms with van der Waals surface area (Å²) in [6.07, 6.45) is 2.47. The number of rotatable bonds is 5. The summed E-state index contributed by atoms with van der Waals surface area (Å²) >= 11 is 0. The number of nitrogens with zero attached hydrogens (tertiary/aromatic N) is 2. The van der Waals surface area contributed by atoms with Crippen LogP contribution in [-0.4, -0.2) is 41.5 Å². The molecule has 2 unspecified atom stereocenters. The van der Waals surface area contributed by atoms with Gasteiger partial charge in [-0.3, -0.25) is 15.1 Å². The highest BCUT2D eigenvalue weighted by Crippen LogP contribution is 2.40. The number of aromatic nitrogens is 1. The number of hydrogen-bond donors (Lipinski definition) is 1. The first-order valence-electron chi connectivity index (χ1n) is 10.8. The van der Waals surface area contributed by atoms with E-state index in [1.165, 1.54) is 6.07 Å². The lowest BCUT2D eigenvalue weighted by Crippen LogP contribution is -2.47. The van der Waals surface area contributed by atoms with Crippen molar-refractivity contribution in [3.8, 4) is 16.9 Å². The van der Waals surface area contributed by atoms with Crippen LogP contribution in [0.4, 0.5) is 4.39 Å². The minimum atomic E-state index is -0.477. The number of halogens is 1. The predicted molar refractivity (Wildman–Crippen MR) is 115 cm³/mol. The van der Waals surface area contributed by atoms with Crippen molar-refractivity contribution in [3.05, 3.63) is 47.5 Å². The Balaban J connectivity index is 1.72. The van der Waals surface area contributed by atoms with Crippen molar-refractivity contribution in [2.75, 3.05) is 20.2 Å². The van der Waals surface area contributed by atoms with Crippen molar-refractivity contribution in [2.24, 2.45) is 0 Å². The van der Waals surface area contributed by atoms with E-state index in [0.717, 1.165) is 42.8 Å². The van der Waals surface area contributed by atoms with Gasteiger partial charge < -0.3 is 9.64 Å². The van der Waals surface area contributed by atoms with Crippen molar-refractivity contribution < 1.29 is 13.9 Å². The third-order valence-corrected chi connectivity index (χ3v) is 6.31. The fourth-order valence-corrected chi connectivity index (χ4v) is 4.57. The van der Waals surface area contributed by atoms with Gasteiger partial charge in [-0.15, -0.1) is 0 Å². The number of nitrogens with one attached hydrogen (secondary N) is 1. The van der Waals surface area contributed by atoms with Crippen LogP contribution in [-0.2, 0) is 4.79 Å². The highest BCUT2D eigenvalue weighted by Gasteiger charge is 2.50. The molecule has 5 nitrogen and oxygen atoms in total. The topological polar surface area (TPSA) is 54.5 Å². The minimum Gasteiger partial charge on any atom is -0.494 e. The Hall–Kier alpha value is -2.47. The Morgan fingerprint density at radius 2 is 2.10 bits per heavy atom. The maximum atomic E-state index is 14.7. The van der Waals surface area contributed by atoms with Crippen LogP contribution in [0, 0.1) is 5.82 Å². The quantitative estimate of drug-likeness (QED) is 0.791. The predicted octanol–water partition coefficient (Wildman–Crippen LogP) is 4.44. The first-order chi connectivity index (χ1) is 14.3. The lowest BCUT2D eigenvalue weighted by atomic mass is 9.96. The number of amides is 1. The van der Waals surface area contributed by atoms with Gasteiger partial charge in [-0.05, 0) is 68.0 Å². The van der Waals surface area contributed by atoms with Crippen molar-refractivity contribution in [1.82, 2.24) is 15.2 Å². The van der Waals surface area contributed by atoms with Crippen LogP contribution in [0.5, 0.6) is 5.75 Å². The molecule has 160 valence electrons. The van der Waals surface area contributed by atoms with Crippen LogP contribution >= 0.6 is 0 Å². The lowest BCUT2D eigenvalue weighted by Gasteiger charge is -2.24. The van der Waals surface area contributed by atoms with E-state index >= 15 is 0 Å². The molecule has 4 rings (SSSR count). The van der Waals surface area contributed by atoms with E-state index in [1.807, 2.05) is 26.1 Å². The third-order valence-electron chi connectivity index (χ3n) is 6.31. The summed E-state index contributed by atoms with van der Waals surface area (Å²) in [5, 5.41) is 3.58. The highest BCUT2D eigenvalue weighted by atomic mass is 19.1. The Kier molecular flexibility index (Phi) is 5.53. The SMILES string of the molecule is CCOc1ccc(F)c(-c2cc(C(C)C)nc(C3CCC4(CCN(C)C4=O)N3)c2)c1. The average molecular weight is 412 g/mol. The van der Waals surface area contributed by atoms with Gasteiger partial charge >= 0.3 is 0 Å². The Labute approximate surface area is 177 Å². The van der Waals surface area contributed by atoms with E-state index in [1.54, 1.807) is 17.0 Å². The molecule has 2 aliphatic heterocycles. The second-order valence-electron chi connectivity index (χ2n) is 8.73. The molecule has 2 saturated heterocycles. The van der Waals surface area contributed by atoms with Crippen LogP contribution in [0.2, 0.25) is 0 Å².